The van der Waals surface area contributed by atoms with E-state index in [1.54, 1.807) is 0 Å². The Morgan fingerprint density at radius 1 is 1.31 bits per heavy atom. The molecule has 0 radical (unpaired) electrons. The number of imidazole rings is 1. The molecule has 0 aliphatic heterocycles. The van der Waals surface area contributed by atoms with Crippen molar-refractivity contribution in [1.29, 1.82) is 0 Å². The van der Waals surface area contributed by atoms with Gasteiger partial charge in [0.15, 0.2) is 0 Å². The van der Waals surface area contributed by atoms with Crippen molar-refractivity contribution in [2.24, 2.45) is 0 Å². The second-order valence-corrected chi connectivity index (χ2v) is 3.13. The van der Waals surface area contributed by atoms with E-state index in [1.807, 2.05) is 33.0 Å². The molecule has 0 aliphatic carbocycles. The van der Waals surface area contributed by atoms with E-state index >= 15 is 0 Å². The van der Waals surface area contributed by atoms with Gasteiger partial charge in [-0.25, -0.2) is 4.98 Å². The minimum absolute atomic E-state index is 1.03. The molecule has 1 N–H and O–H groups in total. The first-order chi connectivity index (χ1) is 6.24. The Kier molecular flexibility index (Phi) is 1.72. The second-order valence-electron chi connectivity index (χ2n) is 3.13. The summed E-state index contributed by atoms with van der Waals surface area (Å²) in [5.41, 5.74) is 2.25. The van der Waals surface area contributed by atoms with Gasteiger partial charge in [0.2, 0.25) is 0 Å². The molecule has 2 aromatic heterocycles. The molecule has 0 aliphatic rings. The van der Waals surface area contributed by atoms with Gasteiger partial charge in [0, 0.05) is 7.05 Å². The van der Waals surface area contributed by atoms with Crippen LogP contribution in [0.15, 0.2) is 18.2 Å². The van der Waals surface area contributed by atoms with E-state index in [4.69, 9.17) is 0 Å². The number of hydrogen-bond donors (Lipinski definition) is 1. The van der Waals surface area contributed by atoms with Crippen molar-refractivity contribution in [2.75, 3.05) is 12.4 Å². The highest BCUT2D eigenvalue weighted by molar-refractivity contribution is 5.58. The summed E-state index contributed by atoms with van der Waals surface area (Å²) in [6.07, 6.45) is 0. The molecular formula is C10H13N3. The second kappa shape index (κ2) is 2.76. The number of fused-ring (bicyclic) bond motifs is 1. The minimum Gasteiger partial charge on any atom is -0.374 e. The van der Waals surface area contributed by atoms with Gasteiger partial charge in [0.05, 0.1) is 11.2 Å². The van der Waals surface area contributed by atoms with Crippen LogP contribution >= 0.6 is 0 Å². The molecule has 3 heteroatoms. The maximum Gasteiger partial charge on any atom is 0.112 e. The summed E-state index contributed by atoms with van der Waals surface area (Å²) in [7, 11) is 1.92. The van der Waals surface area contributed by atoms with Crippen molar-refractivity contribution in [2.45, 2.75) is 13.8 Å². The van der Waals surface area contributed by atoms with E-state index < -0.39 is 0 Å². The summed E-state index contributed by atoms with van der Waals surface area (Å²) in [5, 5.41) is 3.15. The van der Waals surface area contributed by atoms with Gasteiger partial charge in [0.1, 0.15) is 11.6 Å². The number of rotatable bonds is 1. The molecule has 2 rings (SSSR count). The lowest BCUT2D eigenvalue weighted by Gasteiger charge is -2.05. The van der Waals surface area contributed by atoms with E-state index in [2.05, 4.69) is 20.8 Å². The maximum absolute atomic E-state index is 4.42. The molecule has 0 fully saturated rings. The molecule has 3 nitrogen and oxygen atoms in total. The Balaban J connectivity index is 2.88. The third kappa shape index (κ3) is 1.08. The highest BCUT2D eigenvalue weighted by atomic mass is 15.1. The molecule has 0 aromatic carbocycles. The summed E-state index contributed by atoms with van der Waals surface area (Å²) < 4.78 is 2.12. The van der Waals surface area contributed by atoms with Gasteiger partial charge in [-0.05, 0) is 26.0 Å². The fraction of sp³-hybridized carbons (Fsp3) is 0.300. The van der Waals surface area contributed by atoms with Gasteiger partial charge >= 0.3 is 0 Å². The molecule has 0 amide bonds. The van der Waals surface area contributed by atoms with Crippen LogP contribution in [0.1, 0.15) is 11.5 Å². The Morgan fingerprint density at radius 3 is 2.77 bits per heavy atom. The van der Waals surface area contributed by atoms with Crippen LogP contribution in [-0.4, -0.2) is 16.4 Å². The molecule has 13 heavy (non-hydrogen) atoms. The third-order valence-electron chi connectivity index (χ3n) is 2.27. The quantitative estimate of drug-likeness (QED) is 0.718. The standard InChI is InChI=1S/C10H13N3/c1-7-9-5-4-6-10(11-3)13(9)8(2)12-7/h4-6,11H,1-3H3. The number of aryl methyl sites for hydroxylation is 2. The highest BCUT2D eigenvalue weighted by Crippen LogP contribution is 2.17. The van der Waals surface area contributed by atoms with Gasteiger partial charge in [-0.15, -0.1) is 0 Å². The van der Waals surface area contributed by atoms with Crippen molar-refractivity contribution >= 4 is 11.3 Å². The van der Waals surface area contributed by atoms with Gasteiger partial charge in [0.25, 0.3) is 0 Å². The van der Waals surface area contributed by atoms with Crippen LogP contribution < -0.4 is 5.32 Å². The van der Waals surface area contributed by atoms with Crippen LogP contribution in [0, 0.1) is 13.8 Å². The minimum atomic E-state index is 1.03. The smallest absolute Gasteiger partial charge is 0.112 e. The summed E-state index contributed by atoms with van der Waals surface area (Å²) in [5.74, 6) is 2.10. The van der Waals surface area contributed by atoms with E-state index in [0.29, 0.717) is 0 Å². The predicted octanol–water partition coefficient (Wildman–Crippen LogP) is 1.99. The van der Waals surface area contributed by atoms with Crippen LogP contribution in [-0.2, 0) is 0 Å². The van der Waals surface area contributed by atoms with Crippen LogP contribution in [0.5, 0.6) is 0 Å². The number of anilines is 1. The van der Waals surface area contributed by atoms with Crippen molar-refractivity contribution in [3.8, 4) is 0 Å². The molecule has 2 heterocycles. The summed E-state index contributed by atoms with van der Waals surface area (Å²) >= 11 is 0. The lowest BCUT2D eigenvalue weighted by atomic mass is 10.3. The lowest BCUT2D eigenvalue weighted by Crippen LogP contribution is -1.98. The van der Waals surface area contributed by atoms with E-state index in [0.717, 1.165) is 17.3 Å². The van der Waals surface area contributed by atoms with Crippen molar-refractivity contribution in [3.05, 3.63) is 29.7 Å². The third-order valence-corrected chi connectivity index (χ3v) is 2.27. The molecule has 0 saturated heterocycles. The Hall–Kier alpha value is -1.51. The van der Waals surface area contributed by atoms with E-state index in [9.17, 15) is 0 Å². The first kappa shape index (κ1) is 8.10. The molecular weight excluding hydrogens is 162 g/mol. The van der Waals surface area contributed by atoms with Crippen LogP contribution in [0.25, 0.3) is 5.52 Å². The fourth-order valence-corrected chi connectivity index (χ4v) is 1.69. The zero-order valence-electron chi connectivity index (χ0n) is 8.13. The van der Waals surface area contributed by atoms with Crippen LogP contribution in [0.4, 0.5) is 5.82 Å². The van der Waals surface area contributed by atoms with E-state index in [1.165, 1.54) is 5.52 Å². The molecule has 0 bridgehead atoms. The molecule has 0 saturated carbocycles. The van der Waals surface area contributed by atoms with Crippen LogP contribution in [0.2, 0.25) is 0 Å². The molecule has 0 unspecified atom stereocenters. The molecule has 0 spiro atoms. The first-order valence-electron chi connectivity index (χ1n) is 4.36. The van der Waals surface area contributed by atoms with Crippen molar-refractivity contribution < 1.29 is 0 Å². The average molecular weight is 175 g/mol. The molecule has 68 valence electrons. The van der Waals surface area contributed by atoms with Gasteiger partial charge in [-0.2, -0.15) is 0 Å². The number of nitrogens with zero attached hydrogens (tertiary/aromatic N) is 2. The zero-order chi connectivity index (χ0) is 9.42. The molecule has 0 atom stereocenters. The Labute approximate surface area is 77.4 Å². The van der Waals surface area contributed by atoms with E-state index in [-0.39, 0.29) is 0 Å². The van der Waals surface area contributed by atoms with Crippen molar-refractivity contribution in [3.63, 3.8) is 0 Å². The summed E-state index contributed by atoms with van der Waals surface area (Å²) in [6.45, 7) is 4.04. The Bertz CT molecular complexity index is 443. The number of nitrogens with one attached hydrogen (secondary N) is 1. The largest absolute Gasteiger partial charge is 0.374 e. The number of aromatic nitrogens is 2. The van der Waals surface area contributed by atoms with Gasteiger partial charge < -0.3 is 5.32 Å². The highest BCUT2D eigenvalue weighted by Gasteiger charge is 2.05. The maximum atomic E-state index is 4.42. The monoisotopic (exact) mass is 175 g/mol. The van der Waals surface area contributed by atoms with Gasteiger partial charge in [-0.1, -0.05) is 6.07 Å². The summed E-state index contributed by atoms with van der Waals surface area (Å²) in [6, 6.07) is 6.16. The SMILES string of the molecule is CNc1cccc2c(C)nc(C)n12. The van der Waals surface area contributed by atoms with Gasteiger partial charge in [-0.3, -0.25) is 4.40 Å². The fourth-order valence-electron chi connectivity index (χ4n) is 1.69. The number of pyridine rings is 1. The first-order valence-corrected chi connectivity index (χ1v) is 4.36. The lowest BCUT2D eigenvalue weighted by molar-refractivity contribution is 1.04. The topological polar surface area (TPSA) is 29.3 Å². The zero-order valence-corrected chi connectivity index (χ0v) is 8.13. The summed E-state index contributed by atoms with van der Waals surface area (Å²) in [4.78, 5) is 4.42. The Morgan fingerprint density at radius 2 is 2.08 bits per heavy atom. The van der Waals surface area contributed by atoms with Crippen LogP contribution in [0.3, 0.4) is 0 Å². The molecule has 2 aromatic rings. The number of hydrogen-bond acceptors (Lipinski definition) is 2. The predicted molar refractivity (Wildman–Crippen MR) is 54.2 cm³/mol. The normalized spacial score (nSPS) is 10.7. The average Bonchev–Trinajstić information content (AvgIpc) is 2.43. The van der Waals surface area contributed by atoms with Crippen molar-refractivity contribution in [1.82, 2.24) is 9.38 Å².